The molecule has 0 saturated carbocycles. The Bertz CT molecular complexity index is 1310. The van der Waals surface area contributed by atoms with Crippen molar-refractivity contribution in [2.45, 2.75) is 167 Å². The number of carbonyl (C=O) groups is 1. The summed E-state index contributed by atoms with van der Waals surface area (Å²) in [5, 5.41) is 160. The minimum Gasteiger partial charge on any atom is -0.394 e. The minimum atomic E-state index is -2.10. The Morgan fingerprint density at radius 1 is 0.448 bits per heavy atom. The molecule has 5 fully saturated rings. The van der Waals surface area contributed by atoms with Gasteiger partial charge in [0.2, 0.25) is 5.91 Å². The van der Waals surface area contributed by atoms with Crippen LogP contribution in [0, 0.1) is 0 Å². The molecule has 0 aromatic heterocycles. The van der Waals surface area contributed by atoms with Crippen LogP contribution >= 0.6 is 0 Å². The lowest BCUT2D eigenvalue weighted by Crippen LogP contribution is -2.70. The smallest absolute Gasteiger partial charge is 0.217 e. The normalized spacial score (nSPS) is 51.6. The van der Waals surface area contributed by atoms with E-state index >= 15 is 0 Å². The summed E-state index contributed by atoms with van der Waals surface area (Å²) in [6.45, 7) is -1.34. The van der Waals surface area contributed by atoms with Gasteiger partial charge in [-0.25, -0.2) is 0 Å². The van der Waals surface area contributed by atoms with E-state index in [2.05, 4.69) is 5.32 Å². The fraction of sp³-hybridized carbons (Fsp3) is 0.969. The summed E-state index contributed by atoms with van der Waals surface area (Å²) in [5.41, 5.74) is 0. The van der Waals surface area contributed by atoms with Gasteiger partial charge in [0, 0.05) is 6.92 Å². The van der Waals surface area contributed by atoms with E-state index in [1.54, 1.807) is 0 Å². The average molecular weight is 854 g/mol. The van der Waals surface area contributed by atoms with Crippen LogP contribution in [0.5, 0.6) is 0 Å². The lowest BCUT2D eigenvalue weighted by molar-refractivity contribution is -0.390. The first-order valence-electron chi connectivity index (χ1n) is 18.5. The third-order valence-corrected chi connectivity index (χ3v) is 10.7. The van der Waals surface area contributed by atoms with E-state index in [0.717, 1.165) is 6.92 Å². The first-order valence-corrected chi connectivity index (χ1v) is 18.5. The maximum Gasteiger partial charge on any atom is 0.217 e. The molecule has 0 radical (unpaired) electrons. The minimum absolute atomic E-state index is 0.823. The highest BCUT2D eigenvalue weighted by Crippen LogP contribution is 2.36. The van der Waals surface area contributed by atoms with Crippen LogP contribution in [0.3, 0.4) is 0 Å². The third kappa shape index (κ3) is 9.75. The molecule has 5 saturated heterocycles. The Balaban J connectivity index is 1.44. The Morgan fingerprint density at radius 2 is 0.914 bits per heavy atom. The summed E-state index contributed by atoms with van der Waals surface area (Å²) < 4.78 is 50.8. The van der Waals surface area contributed by atoms with Gasteiger partial charge in [-0.15, -0.1) is 0 Å². The molecule has 338 valence electrons. The molecule has 0 aliphatic carbocycles. The Hall–Kier alpha value is -1.49. The SMILES string of the molecule is CC(=O)N[C@H]1[C@H](O[C@H]2[C@@H](O)[C@@H](CO)O[C@@H](O[C@H]3[C@H](O)[C@@H](O)C(O)O[C@@H]3CO)[C@@H]2O)O[C@H](CO)[C@@H](O)[C@@H]1O[C@@H]1O[C@H](CO)[C@H](O)[C@H](O)[C@H]1O[C@@H]1O[C@@H](C)[C@@H](O)[C@@H](O)[C@@H]1O. The van der Waals surface area contributed by atoms with E-state index in [9.17, 15) is 81.4 Å². The number of aliphatic hydroxyl groups excluding tert-OH is 15. The number of carbonyl (C=O) groups excluding carboxylic acids is 1. The number of amides is 1. The van der Waals surface area contributed by atoms with Gasteiger partial charge in [-0.2, -0.15) is 0 Å². The highest BCUT2D eigenvalue weighted by Gasteiger charge is 2.57. The van der Waals surface area contributed by atoms with E-state index in [-0.39, 0.29) is 0 Å². The van der Waals surface area contributed by atoms with Crippen LogP contribution in [0.1, 0.15) is 13.8 Å². The molecule has 26 nitrogen and oxygen atoms in total. The molecule has 25 atom stereocenters. The van der Waals surface area contributed by atoms with Crippen LogP contribution in [0.2, 0.25) is 0 Å². The summed E-state index contributed by atoms with van der Waals surface area (Å²) in [7, 11) is 0. The molecule has 1 unspecified atom stereocenters. The van der Waals surface area contributed by atoms with Crippen molar-refractivity contribution >= 4 is 5.91 Å². The van der Waals surface area contributed by atoms with E-state index in [0.29, 0.717) is 0 Å². The molecule has 5 heterocycles. The zero-order chi connectivity index (χ0) is 42.9. The number of hydrogen-bond donors (Lipinski definition) is 16. The lowest BCUT2D eigenvalue weighted by atomic mass is 9.94. The zero-order valence-electron chi connectivity index (χ0n) is 31.1. The topological polar surface area (TPSA) is 416 Å². The summed E-state index contributed by atoms with van der Waals surface area (Å²) in [4.78, 5) is 12.6. The highest BCUT2D eigenvalue weighted by atomic mass is 16.8. The van der Waals surface area contributed by atoms with Crippen LogP contribution in [-0.4, -0.2) is 262 Å². The maximum absolute atomic E-state index is 12.6. The quantitative estimate of drug-likeness (QED) is 0.0818. The number of nitrogens with one attached hydrogen (secondary N) is 1. The van der Waals surface area contributed by atoms with E-state index < -0.39 is 186 Å². The fourth-order valence-corrected chi connectivity index (χ4v) is 7.35. The van der Waals surface area contributed by atoms with Crippen LogP contribution in [0.25, 0.3) is 0 Å². The molecule has 5 aliphatic rings. The van der Waals surface area contributed by atoms with Crippen molar-refractivity contribution in [2.75, 3.05) is 26.4 Å². The molecular weight excluding hydrogens is 798 g/mol. The van der Waals surface area contributed by atoms with Crippen molar-refractivity contribution in [2.24, 2.45) is 0 Å². The zero-order valence-corrected chi connectivity index (χ0v) is 31.1. The Kier molecular flexibility index (Phi) is 16.5. The van der Waals surface area contributed by atoms with Crippen LogP contribution in [-0.2, 0) is 47.4 Å². The van der Waals surface area contributed by atoms with Crippen molar-refractivity contribution in [3.05, 3.63) is 0 Å². The van der Waals surface area contributed by atoms with Crippen molar-refractivity contribution in [3.8, 4) is 0 Å². The van der Waals surface area contributed by atoms with Crippen LogP contribution in [0.15, 0.2) is 0 Å². The van der Waals surface area contributed by atoms with E-state index in [1.807, 2.05) is 0 Å². The van der Waals surface area contributed by atoms with Crippen molar-refractivity contribution in [3.63, 3.8) is 0 Å². The number of aliphatic hydroxyl groups is 15. The molecule has 0 bridgehead atoms. The van der Waals surface area contributed by atoms with Crippen LogP contribution < -0.4 is 5.32 Å². The summed E-state index contributed by atoms with van der Waals surface area (Å²) in [5.74, 6) is -0.823. The van der Waals surface area contributed by atoms with Gasteiger partial charge in [0.1, 0.15) is 116 Å². The van der Waals surface area contributed by atoms with Gasteiger partial charge in [-0.1, -0.05) is 0 Å². The summed E-state index contributed by atoms with van der Waals surface area (Å²) in [6.07, 6.45) is -43.4. The second kappa shape index (κ2) is 20.1. The van der Waals surface area contributed by atoms with Gasteiger partial charge in [0.05, 0.1) is 32.5 Å². The molecule has 0 spiro atoms. The lowest BCUT2D eigenvalue weighted by Gasteiger charge is -2.50. The second-order valence-electron chi connectivity index (χ2n) is 14.7. The van der Waals surface area contributed by atoms with Gasteiger partial charge in [0.15, 0.2) is 31.5 Å². The third-order valence-electron chi connectivity index (χ3n) is 10.7. The average Bonchev–Trinajstić information content (AvgIpc) is 3.19. The van der Waals surface area contributed by atoms with Crippen molar-refractivity contribution in [1.82, 2.24) is 5.32 Å². The molecular formula is C32H55NO25. The first kappa shape index (κ1) is 47.6. The van der Waals surface area contributed by atoms with E-state index in [4.69, 9.17) is 42.6 Å². The molecule has 26 heteroatoms. The number of ether oxygens (including phenoxy) is 9. The predicted molar refractivity (Wildman–Crippen MR) is 177 cm³/mol. The Labute approximate surface area is 329 Å². The van der Waals surface area contributed by atoms with Gasteiger partial charge < -0.3 is 125 Å². The second-order valence-corrected chi connectivity index (χ2v) is 14.7. The molecule has 58 heavy (non-hydrogen) atoms. The van der Waals surface area contributed by atoms with E-state index in [1.165, 1.54) is 6.92 Å². The van der Waals surface area contributed by atoms with Crippen molar-refractivity contribution in [1.29, 1.82) is 0 Å². The summed E-state index contributed by atoms with van der Waals surface area (Å²) in [6, 6.07) is -1.72. The van der Waals surface area contributed by atoms with Gasteiger partial charge in [-0.3, -0.25) is 4.79 Å². The Morgan fingerprint density at radius 3 is 1.50 bits per heavy atom. The van der Waals surface area contributed by atoms with Gasteiger partial charge >= 0.3 is 0 Å². The molecule has 0 aromatic carbocycles. The standard InChI is InChI=1S/C32H55NO25/c1-7-14(39)18(43)22(47)30(50-7)58-27-19(44)15(40)9(3-34)54-32(27)56-25-13(33-8(2)38)29(52-10(4-35)16(25)41)57-26-17(42)11(5-36)53-31(23(26)48)55-24-12(6-37)51-28(49)21(46)20(24)45/h7,9-32,34-37,39-49H,3-6H2,1-2H3,(H,33,38)/t7-,9+,10+,11+,12+,13+,14+,15-,16+,17-,18+,19-,20+,21+,22-,23+,24+,25+,26-,27+,28?,29-,30-,31-,32-/m0/s1. The predicted octanol–water partition coefficient (Wildman–Crippen LogP) is -10.8. The largest absolute Gasteiger partial charge is 0.394 e. The fourth-order valence-electron chi connectivity index (χ4n) is 7.35. The molecule has 1 amide bonds. The highest BCUT2D eigenvalue weighted by molar-refractivity contribution is 5.73. The molecule has 0 aromatic rings. The van der Waals surface area contributed by atoms with Crippen LogP contribution in [0.4, 0.5) is 0 Å². The van der Waals surface area contributed by atoms with Crippen molar-refractivity contribution < 1.29 is 124 Å². The first-order chi connectivity index (χ1) is 27.4. The number of hydrogen-bond acceptors (Lipinski definition) is 25. The van der Waals surface area contributed by atoms with Gasteiger partial charge in [-0.05, 0) is 6.92 Å². The monoisotopic (exact) mass is 853 g/mol. The van der Waals surface area contributed by atoms with Gasteiger partial charge in [0.25, 0.3) is 0 Å². The molecule has 5 aliphatic heterocycles. The maximum atomic E-state index is 12.6. The molecule has 16 N–H and O–H groups in total. The molecule has 5 rings (SSSR count). The number of rotatable bonds is 13. The summed E-state index contributed by atoms with van der Waals surface area (Å²) >= 11 is 0.